The normalized spacial score (nSPS) is 17.4. The summed E-state index contributed by atoms with van der Waals surface area (Å²) in [6, 6.07) is 7.67. The summed E-state index contributed by atoms with van der Waals surface area (Å²) >= 11 is 0. The lowest BCUT2D eigenvalue weighted by Crippen LogP contribution is -2.53. The molecule has 25 heavy (non-hydrogen) atoms. The summed E-state index contributed by atoms with van der Waals surface area (Å²) in [6.07, 6.45) is 2.62. The third kappa shape index (κ3) is 5.44. The van der Waals surface area contributed by atoms with E-state index >= 15 is 0 Å². The van der Waals surface area contributed by atoms with Crippen LogP contribution in [0.1, 0.15) is 50.7 Å². The largest absolute Gasteiger partial charge is 0.352 e. The lowest BCUT2D eigenvalue weighted by molar-refractivity contribution is -0.135. The van der Waals surface area contributed by atoms with Gasteiger partial charge < -0.3 is 16.0 Å². The van der Waals surface area contributed by atoms with Crippen LogP contribution in [0.4, 0.5) is 0 Å². The topological polar surface area (TPSA) is 75.4 Å². The van der Waals surface area contributed by atoms with Crippen molar-refractivity contribution in [3.8, 4) is 0 Å². The molecule has 5 nitrogen and oxygen atoms in total. The molecule has 0 spiro atoms. The van der Waals surface area contributed by atoms with Crippen LogP contribution in [0.3, 0.4) is 0 Å². The zero-order chi connectivity index (χ0) is 17.7. The minimum atomic E-state index is -0.392. The van der Waals surface area contributed by atoms with Crippen LogP contribution >= 0.6 is 12.4 Å². The van der Waals surface area contributed by atoms with Crippen LogP contribution < -0.4 is 11.1 Å². The predicted molar refractivity (Wildman–Crippen MR) is 103 cm³/mol. The van der Waals surface area contributed by atoms with Crippen molar-refractivity contribution in [1.29, 1.82) is 0 Å². The van der Waals surface area contributed by atoms with Gasteiger partial charge in [-0.25, -0.2) is 0 Å². The molecule has 1 fully saturated rings. The minimum Gasteiger partial charge on any atom is -0.352 e. The van der Waals surface area contributed by atoms with Crippen molar-refractivity contribution in [1.82, 2.24) is 10.2 Å². The lowest BCUT2D eigenvalue weighted by atomic mass is 9.94. The van der Waals surface area contributed by atoms with Crippen molar-refractivity contribution in [2.24, 2.45) is 5.73 Å². The number of rotatable bonds is 7. The highest BCUT2D eigenvalue weighted by molar-refractivity contribution is 5.90. The molecule has 1 aromatic rings. The summed E-state index contributed by atoms with van der Waals surface area (Å²) < 4.78 is 0. The molecule has 1 aliphatic rings. The molecule has 0 bridgehead atoms. The van der Waals surface area contributed by atoms with E-state index in [0.29, 0.717) is 25.9 Å². The molecule has 1 heterocycles. The number of hydrogen-bond donors (Lipinski definition) is 2. The number of hydrogen-bond acceptors (Lipinski definition) is 3. The van der Waals surface area contributed by atoms with Gasteiger partial charge in [-0.1, -0.05) is 43.7 Å². The van der Waals surface area contributed by atoms with E-state index in [1.165, 1.54) is 5.56 Å². The highest BCUT2D eigenvalue weighted by atomic mass is 35.5. The fourth-order valence-electron chi connectivity index (χ4n) is 2.98. The number of nitrogens with one attached hydrogen (secondary N) is 1. The Morgan fingerprint density at radius 2 is 1.88 bits per heavy atom. The van der Waals surface area contributed by atoms with Gasteiger partial charge in [0.25, 0.3) is 0 Å². The minimum absolute atomic E-state index is 0. The average molecular weight is 368 g/mol. The summed E-state index contributed by atoms with van der Waals surface area (Å²) in [6.45, 7) is 7.01. The first-order valence-electron chi connectivity index (χ1n) is 8.80. The van der Waals surface area contributed by atoms with Gasteiger partial charge >= 0.3 is 0 Å². The zero-order valence-corrected chi connectivity index (χ0v) is 16.2. The fraction of sp³-hybridized carbons (Fsp3) is 0.579. The van der Waals surface area contributed by atoms with Crippen LogP contribution in [-0.4, -0.2) is 34.8 Å². The van der Waals surface area contributed by atoms with Crippen molar-refractivity contribution >= 4 is 24.2 Å². The van der Waals surface area contributed by atoms with Crippen molar-refractivity contribution < 1.29 is 9.59 Å². The Labute approximate surface area is 156 Å². The molecule has 0 aromatic heterocycles. The van der Waals surface area contributed by atoms with Gasteiger partial charge in [-0.05, 0) is 31.7 Å². The molecule has 1 saturated heterocycles. The summed E-state index contributed by atoms with van der Waals surface area (Å²) in [5.74, 6) is -0.0505. The smallest absolute Gasteiger partial charge is 0.242 e. The van der Waals surface area contributed by atoms with Crippen LogP contribution in [0.25, 0.3) is 0 Å². The number of nitrogens with zero attached hydrogens (tertiary/aromatic N) is 1. The highest BCUT2D eigenvalue weighted by Gasteiger charge is 2.36. The second-order valence-corrected chi connectivity index (χ2v) is 6.85. The third-order valence-corrected chi connectivity index (χ3v) is 5.13. The van der Waals surface area contributed by atoms with E-state index in [0.717, 1.165) is 18.4 Å². The molecule has 1 unspecified atom stereocenters. The van der Waals surface area contributed by atoms with Crippen LogP contribution in [-0.2, 0) is 16.1 Å². The van der Waals surface area contributed by atoms with Crippen LogP contribution in [0, 0.1) is 6.92 Å². The molecule has 0 radical (unpaired) electrons. The highest BCUT2D eigenvalue weighted by Crippen LogP contribution is 2.22. The first kappa shape index (κ1) is 21.5. The third-order valence-electron chi connectivity index (χ3n) is 5.13. The molecule has 140 valence electrons. The van der Waals surface area contributed by atoms with E-state index in [9.17, 15) is 9.59 Å². The van der Waals surface area contributed by atoms with Crippen LogP contribution in [0.2, 0.25) is 0 Å². The number of nitrogens with two attached hydrogens (primary N) is 1. The van der Waals surface area contributed by atoms with Crippen molar-refractivity contribution in [2.75, 3.05) is 6.54 Å². The standard InChI is InChI=1S/C19H29N3O2.ClH/c1-4-19(20,5-2)13-21-18(24)16-10-11-17(23)22(16)12-15-8-6-14(3)7-9-15;/h6-9,16H,4-5,10-13,20H2,1-3H3,(H,21,24);1H. The molecular formula is C19H30ClN3O2. The Bertz CT molecular complexity index is 585. The number of benzene rings is 1. The van der Waals surface area contributed by atoms with E-state index in [2.05, 4.69) is 5.32 Å². The van der Waals surface area contributed by atoms with Gasteiger partial charge in [0, 0.05) is 25.0 Å². The zero-order valence-electron chi connectivity index (χ0n) is 15.4. The van der Waals surface area contributed by atoms with Gasteiger partial charge in [-0.3, -0.25) is 9.59 Å². The quantitative estimate of drug-likeness (QED) is 0.777. The van der Waals surface area contributed by atoms with E-state index in [1.807, 2.05) is 45.0 Å². The Hall–Kier alpha value is -1.59. The van der Waals surface area contributed by atoms with Gasteiger partial charge in [0.15, 0.2) is 0 Å². The summed E-state index contributed by atoms with van der Waals surface area (Å²) in [5.41, 5.74) is 8.10. The van der Waals surface area contributed by atoms with E-state index < -0.39 is 6.04 Å². The second-order valence-electron chi connectivity index (χ2n) is 6.85. The maximum atomic E-state index is 12.6. The van der Waals surface area contributed by atoms with Crippen LogP contribution in [0.15, 0.2) is 24.3 Å². The molecule has 0 aliphatic carbocycles. The monoisotopic (exact) mass is 367 g/mol. The Kier molecular flexibility index (Phi) is 7.90. The van der Waals surface area contributed by atoms with Crippen molar-refractivity contribution in [3.63, 3.8) is 0 Å². The van der Waals surface area contributed by atoms with Crippen LogP contribution in [0.5, 0.6) is 0 Å². The van der Waals surface area contributed by atoms with Crippen molar-refractivity contribution in [2.45, 2.75) is 64.6 Å². The van der Waals surface area contributed by atoms with E-state index in [-0.39, 0.29) is 29.8 Å². The maximum Gasteiger partial charge on any atom is 0.242 e. The number of amides is 2. The molecule has 1 aliphatic heterocycles. The van der Waals surface area contributed by atoms with Gasteiger partial charge in [-0.15, -0.1) is 12.4 Å². The van der Waals surface area contributed by atoms with Crippen molar-refractivity contribution in [3.05, 3.63) is 35.4 Å². The number of aryl methyl sites for hydroxylation is 1. The summed E-state index contributed by atoms with van der Waals surface area (Å²) in [5, 5.41) is 2.95. The van der Waals surface area contributed by atoms with Gasteiger partial charge in [-0.2, -0.15) is 0 Å². The summed E-state index contributed by atoms with van der Waals surface area (Å²) in [7, 11) is 0. The molecule has 2 rings (SSSR count). The molecule has 1 atom stereocenters. The Morgan fingerprint density at radius 3 is 2.44 bits per heavy atom. The number of likely N-dealkylation sites (tertiary alicyclic amines) is 1. The number of carbonyl (C=O) groups is 2. The molecule has 1 aromatic carbocycles. The second kappa shape index (κ2) is 9.20. The molecular weight excluding hydrogens is 338 g/mol. The Morgan fingerprint density at radius 1 is 1.28 bits per heavy atom. The first-order valence-corrected chi connectivity index (χ1v) is 8.80. The maximum absolute atomic E-state index is 12.6. The van der Waals surface area contributed by atoms with E-state index in [1.54, 1.807) is 4.90 Å². The molecule has 2 amide bonds. The molecule has 3 N–H and O–H groups in total. The Balaban J connectivity index is 0.00000312. The van der Waals surface area contributed by atoms with Gasteiger partial charge in [0.05, 0.1) is 0 Å². The molecule has 0 saturated carbocycles. The lowest BCUT2D eigenvalue weighted by Gasteiger charge is -2.29. The number of carbonyl (C=O) groups excluding carboxylic acids is 2. The first-order chi connectivity index (χ1) is 11.4. The number of halogens is 1. The van der Waals surface area contributed by atoms with E-state index in [4.69, 9.17) is 5.73 Å². The fourth-order valence-corrected chi connectivity index (χ4v) is 2.98. The SMILES string of the molecule is CCC(N)(CC)CNC(=O)C1CCC(=O)N1Cc1ccc(C)cc1.Cl. The predicted octanol–water partition coefficient (Wildman–Crippen LogP) is 2.54. The molecule has 6 heteroatoms. The van der Waals surface area contributed by atoms with Gasteiger partial charge in [0.1, 0.15) is 6.04 Å². The van der Waals surface area contributed by atoms with Gasteiger partial charge in [0.2, 0.25) is 11.8 Å². The average Bonchev–Trinajstić information content (AvgIpc) is 2.95. The summed E-state index contributed by atoms with van der Waals surface area (Å²) in [4.78, 5) is 26.4.